The van der Waals surface area contributed by atoms with E-state index in [1.54, 1.807) is 12.1 Å². The smallest absolute Gasteiger partial charge is 0.207 e. The summed E-state index contributed by atoms with van der Waals surface area (Å²) >= 11 is 0. The van der Waals surface area contributed by atoms with E-state index in [2.05, 4.69) is 47.9 Å². The molecular formula is C26H21FN+. The Morgan fingerprint density at radius 2 is 1.54 bits per heavy atom. The van der Waals surface area contributed by atoms with Crippen LogP contribution in [0.3, 0.4) is 0 Å². The van der Waals surface area contributed by atoms with Crippen molar-refractivity contribution in [2.45, 2.75) is 13.8 Å². The molecule has 0 atom stereocenters. The Morgan fingerprint density at radius 3 is 2.39 bits per heavy atom. The molecule has 4 aromatic carbocycles. The van der Waals surface area contributed by atoms with Crippen molar-refractivity contribution in [3.63, 3.8) is 0 Å². The normalized spacial score (nSPS) is 12.1. The van der Waals surface area contributed by atoms with Gasteiger partial charge in [0.1, 0.15) is 12.9 Å². The lowest BCUT2D eigenvalue weighted by molar-refractivity contribution is -0.665. The van der Waals surface area contributed by atoms with Gasteiger partial charge < -0.3 is 0 Å². The Bertz CT molecular complexity index is 1450. The van der Waals surface area contributed by atoms with Crippen LogP contribution in [0.4, 0.5) is 4.39 Å². The molecule has 0 unspecified atom stereocenters. The molecule has 0 fully saturated rings. The van der Waals surface area contributed by atoms with Gasteiger partial charge in [-0.3, -0.25) is 0 Å². The Kier molecular flexibility index (Phi) is 3.45. The number of benzene rings is 4. The number of nitrogens with zero attached hydrogens (tertiary/aromatic N) is 1. The van der Waals surface area contributed by atoms with E-state index in [4.69, 9.17) is 1.37 Å². The molecule has 0 N–H and O–H groups in total. The molecule has 0 radical (unpaired) electrons. The molecule has 0 saturated heterocycles. The van der Waals surface area contributed by atoms with Crippen LogP contribution in [-0.4, -0.2) is 0 Å². The predicted octanol–water partition coefficient (Wildman–Crippen LogP) is 6.39. The summed E-state index contributed by atoms with van der Waals surface area (Å²) in [6, 6.07) is 22.0. The maximum atomic E-state index is 13.8. The van der Waals surface area contributed by atoms with Crippen LogP contribution in [0.15, 0.2) is 72.8 Å². The third kappa shape index (κ3) is 2.41. The third-order valence-corrected chi connectivity index (χ3v) is 5.76. The van der Waals surface area contributed by atoms with Gasteiger partial charge in [0.2, 0.25) is 5.69 Å². The predicted molar refractivity (Wildman–Crippen MR) is 115 cm³/mol. The van der Waals surface area contributed by atoms with Crippen molar-refractivity contribution in [3.05, 3.63) is 89.8 Å². The fraction of sp³-hybridized carbons (Fsp3) is 0.115. The van der Waals surface area contributed by atoms with E-state index in [0.717, 1.165) is 32.9 Å². The molecule has 0 aliphatic heterocycles. The number of fused-ring (bicyclic) bond motifs is 4. The maximum Gasteiger partial charge on any atom is 0.221 e. The summed E-state index contributed by atoms with van der Waals surface area (Å²) in [5.41, 5.74) is 4.35. The van der Waals surface area contributed by atoms with Crippen molar-refractivity contribution >= 4 is 32.3 Å². The van der Waals surface area contributed by atoms with E-state index in [1.807, 2.05) is 26.1 Å². The number of hydrogen-bond acceptors (Lipinski definition) is 0. The molecular weight excluding hydrogens is 345 g/mol. The molecule has 136 valence electrons. The van der Waals surface area contributed by atoms with E-state index < -0.39 is 0 Å². The fourth-order valence-electron chi connectivity index (χ4n) is 4.24. The lowest BCUT2D eigenvalue weighted by Gasteiger charge is -2.14. The Labute approximate surface area is 165 Å². The van der Waals surface area contributed by atoms with Crippen molar-refractivity contribution in [1.82, 2.24) is 0 Å². The van der Waals surface area contributed by atoms with Gasteiger partial charge in [-0.25, -0.2) is 4.39 Å². The minimum Gasteiger partial charge on any atom is -0.207 e. The molecule has 5 rings (SSSR count). The van der Waals surface area contributed by atoms with E-state index in [9.17, 15) is 4.39 Å². The van der Waals surface area contributed by atoms with Gasteiger partial charge >= 0.3 is 0 Å². The molecule has 28 heavy (non-hydrogen) atoms. The van der Waals surface area contributed by atoms with Crippen LogP contribution in [0.25, 0.3) is 43.6 Å². The highest BCUT2D eigenvalue weighted by atomic mass is 19.1. The summed E-state index contributed by atoms with van der Waals surface area (Å²) in [5.74, 6) is -0.258. The first kappa shape index (κ1) is 15.8. The summed E-state index contributed by atoms with van der Waals surface area (Å²) in [4.78, 5) is 0. The van der Waals surface area contributed by atoms with Crippen LogP contribution in [0, 0.1) is 19.7 Å². The minimum atomic E-state index is -0.258. The van der Waals surface area contributed by atoms with Gasteiger partial charge in [0.25, 0.3) is 0 Å². The Morgan fingerprint density at radius 1 is 0.786 bits per heavy atom. The number of rotatable bonds is 1. The summed E-state index contributed by atoms with van der Waals surface area (Å²) in [7, 11) is 2.03. The molecule has 1 heterocycles. The minimum absolute atomic E-state index is 0.258. The SMILES string of the molecule is [2H]c1c(C)[n+](C)c(-c2c(C)ccc3ccccc23)c2ccc3cc(F)ccc3c12. The first-order valence-corrected chi connectivity index (χ1v) is 9.47. The highest BCUT2D eigenvalue weighted by molar-refractivity contribution is 6.13. The average Bonchev–Trinajstić information content (AvgIpc) is 2.73. The molecule has 1 aromatic heterocycles. The van der Waals surface area contributed by atoms with Gasteiger partial charge in [-0.05, 0) is 52.2 Å². The second-order valence-corrected chi connectivity index (χ2v) is 7.45. The first-order chi connectivity index (χ1) is 14.0. The zero-order chi connectivity index (χ0) is 20.3. The monoisotopic (exact) mass is 367 g/mol. The van der Waals surface area contributed by atoms with Gasteiger partial charge in [-0.15, -0.1) is 0 Å². The summed E-state index contributed by atoms with van der Waals surface area (Å²) in [6.45, 7) is 4.11. The van der Waals surface area contributed by atoms with Crippen molar-refractivity contribution in [3.8, 4) is 11.3 Å². The second-order valence-electron chi connectivity index (χ2n) is 7.45. The van der Waals surface area contributed by atoms with Gasteiger partial charge in [0.05, 0.1) is 12.3 Å². The van der Waals surface area contributed by atoms with Gasteiger partial charge in [-0.2, -0.15) is 4.57 Å². The van der Waals surface area contributed by atoms with Gasteiger partial charge in [0.15, 0.2) is 5.69 Å². The first-order valence-electron chi connectivity index (χ1n) is 9.97. The number of pyridine rings is 1. The van der Waals surface area contributed by atoms with E-state index >= 15 is 0 Å². The standard InChI is InChI=1S/C26H21FN/c1-16-8-9-18-6-4-5-7-22(18)25(16)26-23-12-10-19-15-20(27)11-13-21(19)24(23)14-17(2)28(26)3/h4-15H,1-3H3/q+1/i14D. The Hall–Kier alpha value is -3.26. The molecule has 1 nitrogen and oxygen atoms in total. The quantitative estimate of drug-likeness (QED) is 0.239. The maximum absolute atomic E-state index is 13.8. The molecule has 2 heteroatoms. The highest BCUT2D eigenvalue weighted by Crippen LogP contribution is 2.36. The summed E-state index contributed by atoms with van der Waals surface area (Å²) < 4.78 is 24.7. The largest absolute Gasteiger partial charge is 0.221 e. The van der Waals surface area contributed by atoms with Crippen molar-refractivity contribution in [2.24, 2.45) is 7.05 Å². The number of hydrogen-bond donors (Lipinski definition) is 0. The van der Waals surface area contributed by atoms with Crippen molar-refractivity contribution in [2.75, 3.05) is 0 Å². The number of halogens is 1. The summed E-state index contributed by atoms with van der Waals surface area (Å²) in [6.07, 6.45) is 0. The fourth-order valence-corrected chi connectivity index (χ4v) is 4.24. The van der Waals surface area contributed by atoms with Gasteiger partial charge in [-0.1, -0.05) is 48.5 Å². The zero-order valence-electron chi connectivity index (χ0n) is 17.2. The van der Waals surface area contributed by atoms with Gasteiger partial charge in [0, 0.05) is 18.4 Å². The van der Waals surface area contributed by atoms with E-state index in [0.29, 0.717) is 6.04 Å². The van der Waals surface area contributed by atoms with Crippen LogP contribution in [-0.2, 0) is 7.05 Å². The molecule has 0 amide bonds. The van der Waals surface area contributed by atoms with Crippen LogP contribution >= 0.6 is 0 Å². The average molecular weight is 367 g/mol. The van der Waals surface area contributed by atoms with E-state index in [1.165, 1.54) is 28.0 Å². The zero-order valence-corrected chi connectivity index (χ0v) is 16.2. The Balaban J connectivity index is 2.04. The highest BCUT2D eigenvalue weighted by Gasteiger charge is 2.22. The van der Waals surface area contributed by atoms with Crippen LogP contribution in [0.1, 0.15) is 12.6 Å². The second kappa shape index (κ2) is 6.13. The molecule has 5 aromatic rings. The van der Waals surface area contributed by atoms with E-state index in [-0.39, 0.29) is 5.82 Å². The molecule has 0 spiro atoms. The van der Waals surface area contributed by atoms with Crippen LogP contribution in [0.5, 0.6) is 0 Å². The number of aromatic nitrogens is 1. The molecule has 0 bridgehead atoms. The molecule has 0 aliphatic carbocycles. The lowest BCUT2D eigenvalue weighted by atomic mass is 9.92. The summed E-state index contributed by atoms with van der Waals surface area (Å²) in [5, 5.41) is 6.01. The number of aryl methyl sites for hydroxylation is 1. The third-order valence-electron chi connectivity index (χ3n) is 5.76. The lowest BCUT2D eigenvalue weighted by Crippen LogP contribution is -2.35. The van der Waals surface area contributed by atoms with Crippen molar-refractivity contribution in [1.29, 1.82) is 0 Å². The molecule has 0 aliphatic rings. The van der Waals surface area contributed by atoms with Crippen LogP contribution in [0.2, 0.25) is 0 Å². The van der Waals surface area contributed by atoms with Crippen LogP contribution < -0.4 is 4.57 Å². The van der Waals surface area contributed by atoms with Crippen molar-refractivity contribution < 1.29 is 10.3 Å². The topological polar surface area (TPSA) is 3.88 Å². The molecule has 0 saturated carbocycles.